The van der Waals surface area contributed by atoms with Gasteiger partial charge in [-0.05, 0) is 12.5 Å². The van der Waals surface area contributed by atoms with Crippen LogP contribution in [0.3, 0.4) is 0 Å². The van der Waals surface area contributed by atoms with Crippen LogP contribution >= 0.6 is 0 Å². The Morgan fingerprint density at radius 3 is 2.50 bits per heavy atom. The van der Waals surface area contributed by atoms with Crippen molar-refractivity contribution < 1.29 is 22.7 Å². The number of ether oxygens (including phenoxy) is 1. The van der Waals surface area contributed by atoms with Gasteiger partial charge in [-0.15, -0.1) is 0 Å². The number of Topliss-reactive ketones (excluding diaryl/α,β-unsaturated/α-hetero) is 1. The molecule has 0 radical (unpaired) electrons. The van der Waals surface area contributed by atoms with Crippen molar-refractivity contribution in [2.24, 2.45) is 0 Å². The van der Waals surface area contributed by atoms with Crippen LogP contribution in [-0.2, 0) is 10.9 Å². The second kappa shape index (κ2) is 6.54. The monoisotopic (exact) mass is 260 g/mol. The molecule has 5 heteroatoms. The molecular weight excluding hydrogens is 245 g/mol. The number of alkyl halides is 3. The van der Waals surface area contributed by atoms with E-state index in [0.717, 1.165) is 12.5 Å². The molecule has 18 heavy (non-hydrogen) atoms. The second-order valence-electron chi connectivity index (χ2n) is 3.83. The highest BCUT2D eigenvalue weighted by atomic mass is 19.4. The van der Waals surface area contributed by atoms with Gasteiger partial charge in [0.25, 0.3) is 0 Å². The number of hydrogen-bond donors (Lipinski definition) is 0. The predicted octanol–water partition coefficient (Wildman–Crippen LogP) is 3.70. The number of benzene rings is 1. The van der Waals surface area contributed by atoms with Gasteiger partial charge in [-0.3, -0.25) is 4.79 Å². The zero-order valence-electron chi connectivity index (χ0n) is 10.1. The summed E-state index contributed by atoms with van der Waals surface area (Å²) >= 11 is 0. The fourth-order valence-corrected chi connectivity index (χ4v) is 1.52. The largest absolute Gasteiger partial charge is 0.417 e. The van der Waals surface area contributed by atoms with E-state index >= 15 is 0 Å². The van der Waals surface area contributed by atoms with Crippen molar-refractivity contribution in [3.63, 3.8) is 0 Å². The molecule has 0 saturated heterocycles. The molecule has 0 saturated carbocycles. The van der Waals surface area contributed by atoms with Crippen molar-refractivity contribution in [1.29, 1.82) is 0 Å². The molecule has 0 heterocycles. The predicted molar refractivity (Wildman–Crippen MR) is 61.5 cm³/mol. The van der Waals surface area contributed by atoms with Gasteiger partial charge in [-0.25, -0.2) is 0 Å². The summed E-state index contributed by atoms with van der Waals surface area (Å²) in [6, 6.07) is 4.81. The molecule has 0 fully saturated rings. The molecule has 2 nitrogen and oxygen atoms in total. The van der Waals surface area contributed by atoms with Crippen molar-refractivity contribution in [3.05, 3.63) is 35.4 Å². The van der Waals surface area contributed by atoms with Crippen LogP contribution in [0.25, 0.3) is 0 Å². The molecular formula is C13H15F3O2. The van der Waals surface area contributed by atoms with Crippen LogP contribution in [0.15, 0.2) is 24.3 Å². The normalized spacial score (nSPS) is 11.6. The zero-order chi connectivity index (χ0) is 13.6. The topological polar surface area (TPSA) is 26.3 Å². The summed E-state index contributed by atoms with van der Waals surface area (Å²) in [5, 5.41) is 0. The highest BCUT2D eigenvalue weighted by Crippen LogP contribution is 2.32. The van der Waals surface area contributed by atoms with Crippen molar-refractivity contribution in [2.45, 2.75) is 25.9 Å². The summed E-state index contributed by atoms with van der Waals surface area (Å²) < 4.78 is 43.1. The lowest BCUT2D eigenvalue weighted by Crippen LogP contribution is -2.14. The Morgan fingerprint density at radius 1 is 1.22 bits per heavy atom. The van der Waals surface area contributed by atoms with Crippen molar-refractivity contribution in [3.8, 4) is 0 Å². The van der Waals surface area contributed by atoms with Crippen LogP contribution in [0.4, 0.5) is 13.2 Å². The Labute approximate surface area is 104 Å². The molecule has 0 amide bonds. The lowest BCUT2D eigenvalue weighted by molar-refractivity contribution is -0.137. The average Bonchev–Trinajstić information content (AvgIpc) is 2.33. The molecule has 0 aromatic heterocycles. The number of hydrogen-bond acceptors (Lipinski definition) is 2. The maximum Gasteiger partial charge on any atom is 0.417 e. The summed E-state index contributed by atoms with van der Waals surface area (Å²) in [5.74, 6) is -0.543. The fourth-order valence-electron chi connectivity index (χ4n) is 1.52. The highest BCUT2D eigenvalue weighted by Gasteiger charge is 2.34. The van der Waals surface area contributed by atoms with Crippen LogP contribution in [0, 0.1) is 0 Å². The van der Waals surface area contributed by atoms with Gasteiger partial charge in [-0.2, -0.15) is 13.2 Å². The van der Waals surface area contributed by atoms with E-state index in [4.69, 9.17) is 4.74 Å². The molecule has 100 valence electrons. The van der Waals surface area contributed by atoms with Crippen LogP contribution in [0.5, 0.6) is 0 Å². The fraction of sp³-hybridized carbons (Fsp3) is 0.462. The summed E-state index contributed by atoms with van der Waals surface area (Å²) in [5.41, 5.74) is -1.17. The first kappa shape index (κ1) is 14.7. The molecule has 0 aliphatic heterocycles. The molecule has 0 aliphatic carbocycles. The molecule has 0 bridgehead atoms. The quantitative estimate of drug-likeness (QED) is 0.575. The average molecular weight is 260 g/mol. The maximum absolute atomic E-state index is 12.7. The molecule has 1 rings (SSSR count). The smallest absolute Gasteiger partial charge is 0.381 e. The third kappa shape index (κ3) is 4.14. The van der Waals surface area contributed by atoms with E-state index in [1.165, 1.54) is 18.2 Å². The summed E-state index contributed by atoms with van der Waals surface area (Å²) in [6.07, 6.45) is -3.73. The Hall–Kier alpha value is -1.36. The van der Waals surface area contributed by atoms with E-state index in [1.807, 2.05) is 6.92 Å². The molecule has 1 aromatic rings. The van der Waals surface area contributed by atoms with Crippen LogP contribution in [-0.4, -0.2) is 19.0 Å². The summed E-state index contributed by atoms with van der Waals surface area (Å²) in [6.45, 7) is 2.58. The third-order valence-corrected chi connectivity index (χ3v) is 2.35. The van der Waals surface area contributed by atoms with E-state index in [0.29, 0.717) is 6.61 Å². The van der Waals surface area contributed by atoms with Gasteiger partial charge < -0.3 is 4.74 Å². The van der Waals surface area contributed by atoms with Gasteiger partial charge in [0.05, 0.1) is 12.2 Å². The summed E-state index contributed by atoms with van der Waals surface area (Å²) in [7, 11) is 0. The van der Waals surface area contributed by atoms with Crippen LogP contribution in [0.2, 0.25) is 0 Å². The Bertz CT molecular complexity index is 399. The van der Waals surface area contributed by atoms with Gasteiger partial charge in [0, 0.05) is 18.6 Å². The lowest BCUT2D eigenvalue weighted by atomic mass is 10.0. The SMILES string of the molecule is CCCOCCC(=O)c1ccccc1C(F)(F)F. The minimum absolute atomic E-state index is 0.0346. The summed E-state index contributed by atoms with van der Waals surface area (Å²) in [4.78, 5) is 11.7. The van der Waals surface area contributed by atoms with Gasteiger partial charge >= 0.3 is 6.18 Å². The molecule has 1 aromatic carbocycles. The number of ketones is 1. The first-order chi connectivity index (χ1) is 8.46. The zero-order valence-corrected chi connectivity index (χ0v) is 10.1. The van der Waals surface area contributed by atoms with E-state index in [9.17, 15) is 18.0 Å². The van der Waals surface area contributed by atoms with Crippen molar-refractivity contribution >= 4 is 5.78 Å². The molecule has 0 spiro atoms. The number of carbonyl (C=O) groups is 1. The van der Waals surface area contributed by atoms with E-state index in [2.05, 4.69) is 0 Å². The van der Waals surface area contributed by atoms with Crippen molar-refractivity contribution in [1.82, 2.24) is 0 Å². The number of carbonyl (C=O) groups excluding carboxylic acids is 1. The second-order valence-corrected chi connectivity index (χ2v) is 3.83. The minimum Gasteiger partial charge on any atom is -0.381 e. The van der Waals surface area contributed by atoms with Crippen LogP contribution in [0.1, 0.15) is 35.7 Å². The van der Waals surface area contributed by atoms with Gasteiger partial charge in [-0.1, -0.05) is 25.1 Å². The number of rotatable bonds is 6. The van der Waals surface area contributed by atoms with Gasteiger partial charge in [0.2, 0.25) is 0 Å². The Kier molecular flexibility index (Phi) is 5.34. The highest BCUT2D eigenvalue weighted by molar-refractivity contribution is 5.97. The molecule has 0 atom stereocenters. The first-order valence-corrected chi connectivity index (χ1v) is 5.74. The third-order valence-electron chi connectivity index (χ3n) is 2.35. The van der Waals surface area contributed by atoms with Gasteiger partial charge in [0.15, 0.2) is 5.78 Å². The number of halogens is 3. The first-order valence-electron chi connectivity index (χ1n) is 5.74. The molecule has 0 aliphatic rings. The minimum atomic E-state index is -4.50. The van der Waals surface area contributed by atoms with Crippen molar-refractivity contribution in [2.75, 3.05) is 13.2 Å². The van der Waals surface area contributed by atoms with Gasteiger partial charge in [0.1, 0.15) is 0 Å². The van der Waals surface area contributed by atoms with Crippen LogP contribution < -0.4 is 0 Å². The van der Waals surface area contributed by atoms with E-state index < -0.39 is 17.5 Å². The Morgan fingerprint density at radius 2 is 1.89 bits per heavy atom. The standard InChI is InChI=1S/C13H15F3O2/c1-2-8-18-9-7-12(17)10-5-3-4-6-11(10)13(14,15)16/h3-6H,2,7-9H2,1H3. The molecule has 0 N–H and O–H groups in total. The van der Waals surface area contributed by atoms with E-state index in [1.54, 1.807) is 0 Å². The lowest BCUT2D eigenvalue weighted by Gasteiger charge is -2.11. The maximum atomic E-state index is 12.7. The molecule has 0 unspecified atom stereocenters. The Balaban J connectivity index is 2.74. The van der Waals surface area contributed by atoms with E-state index in [-0.39, 0.29) is 18.6 Å².